The molecule has 1 aliphatic heterocycles. The largest absolute Gasteiger partial charge is 0.466 e. The first kappa shape index (κ1) is 17.5. The Morgan fingerprint density at radius 2 is 2.00 bits per heavy atom. The van der Waals surface area contributed by atoms with Crippen LogP contribution in [0.2, 0.25) is 0 Å². The summed E-state index contributed by atoms with van der Waals surface area (Å²) in [5.74, 6) is -0.180. The van der Waals surface area contributed by atoms with Crippen LogP contribution in [0, 0.1) is 5.92 Å². The van der Waals surface area contributed by atoms with Gasteiger partial charge in [0.1, 0.15) is 0 Å². The first-order valence-electron chi connectivity index (χ1n) is 8.37. The van der Waals surface area contributed by atoms with E-state index in [1.54, 1.807) is 24.3 Å². The van der Waals surface area contributed by atoms with Crippen LogP contribution in [0.1, 0.15) is 43.5 Å². The van der Waals surface area contributed by atoms with Gasteiger partial charge in [-0.15, -0.1) is 0 Å². The fraction of sp³-hybridized carbons (Fsp3) is 0.556. The third-order valence-corrected chi connectivity index (χ3v) is 4.40. The molecule has 2 atom stereocenters. The van der Waals surface area contributed by atoms with E-state index in [2.05, 4.69) is 4.90 Å². The van der Waals surface area contributed by atoms with E-state index in [-0.39, 0.29) is 23.7 Å². The maximum Gasteiger partial charge on any atom is 0.310 e. The van der Waals surface area contributed by atoms with Crippen molar-refractivity contribution in [2.45, 2.75) is 39.2 Å². The normalized spacial score (nSPS) is 20.0. The van der Waals surface area contributed by atoms with Gasteiger partial charge in [-0.2, -0.15) is 0 Å². The number of nitrogens with zero attached hydrogens (tertiary/aromatic N) is 1. The Morgan fingerprint density at radius 1 is 1.30 bits per heavy atom. The summed E-state index contributed by atoms with van der Waals surface area (Å²) < 4.78 is 5.14. The number of carbonyl (C=O) groups is 2. The van der Waals surface area contributed by atoms with Crippen molar-refractivity contribution < 1.29 is 14.3 Å². The lowest BCUT2D eigenvalue weighted by molar-refractivity contribution is -0.150. The lowest BCUT2D eigenvalue weighted by Crippen LogP contribution is -2.48. The lowest BCUT2D eigenvalue weighted by atomic mass is 9.93. The molecule has 0 spiro atoms. The van der Waals surface area contributed by atoms with Crippen molar-refractivity contribution in [2.24, 2.45) is 5.92 Å². The highest BCUT2D eigenvalue weighted by molar-refractivity contribution is 6.00. The third-order valence-electron chi connectivity index (χ3n) is 4.40. The molecule has 1 aliphatic rings. The number of nitrogens with two attached hydrogens (primary N) is 1. The van der Waals surface area contributed by atoms with Gasteiger partial charge in [0, 0.05) is 17.8 Å². The fourth-order valence-electron chi connectivity index (χ4n) is 3.19. The maximum atomic E-state index is 12.8. The molecule has 0 radical (unpaired) electrons. The Labute approximate surface area is 137 Å². The van der Waals surface area contributed by atoms with E-state index in [1.165, 1.54) is 0 Å². The minimum absolute atomic E-state index is 0.0945. The summed E-state index contributed by atoms with van der Waals surface area (Å²) in [6, 6.07) is 6.84. The third kappa shape index (κ3) is 4.32. The molecule has 1 aromatic carbocycles. The Kier molecular flexibility index (Phi) is 6.16. The number of likely N-dealkylation sites (tertiary alicyclic amines) is 1. The standard InChI is InChI=1S/C18H26N2O3/c1-3-16(17(21)13-7-9-15(19)10-8-13)20-11-5-6-14(12-20)18(22)23-4-2/h7-10,14,16H,3-6,11-12,19H2,1-2H3. The molecular weight excluding hydrogens is 292 g/mol. The molecule has 1 aromatic rings. The number of nitrogen functional groups attached to an aromatic ring is 1. The van der Waals surface area contributed by atoms with Crippen LogP contribution in [0.4, 0.5) is 5.69 Å². The predicted molar refractivity (Wildman–Crippen MR) is 90.2 cm³/mol. The van der Waals surface area contributed by atoms with Crippen LogP contribution in [0.25, 0.3) is 0 Å². The van der Waals surface area contributed by atoms with E-state index < -0.39 is 0 Å². The molecule has 1 heterocycles. The zero-order chi connectivity index (χ0) is 16.8. The van der Waals surface area contributed by atoms with E-state index in [4.69, 9.17) is 10.5 Å². The van der Waals surface area contributed by atoms with Gasteiger partial charge in [-0.05, 0) is 57.0 Å². The first-order chi connectivity index (χ1) is 11.1. The molecule has 5 heteroatoms. The van der Waals surface area contributed by atoms with Gasteiger partial charge in [0.25, 0.3) is 0 Å². The second kappa shape index (κ2) is 8.11. The average molecular weight is 318 g/mol. The Hall–Kier alpha value is -1.88. The number of benzene rings is 1. The van der Waals surface area contributed by atoms with Crippen LogP contribution >= 0.6 is 0 Å². The maximum absolute atomic E-state index is 12.8. The average Bonchev–Trinajstić information content (AvgIpc) is 2.56. The molecule has 1 fully saturated rings. The topological polar surface area (TPSA) is 72.6 Å². The van der Waals surface area contributed by atoms with Crippen LogP contribution in [-0.2, 0) is 9.53 Å². The second-order valence-electron chi connectivity index (χ2n) is 6.00. The highest BCUT2D eigenvalue weighted by Crippen LogP contribution is 2.23. The highest BCUT2D eigenvalue weighted by Gasteiger charge is 2.33. The van der Waals surface area contributed by atoms with Gasteiger partial charge < -0.3 is 10.5 Å². The monoisotopic (exact) mass is 318 g/mol. The highest BCUT2D eigenvalue weighted by atomic mass is 16.5. The van der Waals surface area contributed by atoms with Crippen LogP contribution < -0.4 is 5.73 Å². The molecule has 2 N–H and O–H groups in total. The van der Waals surface area contributed by atoms with Gasteiger partial charge in [0.15, 0.2) is 5.78 Å². The van der Waals surface area contributed by atoms with Crippen molar-refractivity contribution in [2.75, 3.05) is 25.4 Å². The molecule has 0 aromatic heterocycles. The number of hydrogen-bond donors (Lipinski definition) is 1. The minimum Gasteiger partial charge on any atom is -0.466 e. The predicted octanol–water partition coefficient (Wildman–Crippen LogP) is 2.51. The van der Waals surface area contributed by atoms with Crippen LogP contribution in [0.3, 0.4) is 0 Å². The number of rotatable bonds is 6. The van der Waals surface area contributed by atoms with E-state index in [1.807, 2.05) is 13.8 Å². The summed E-state index contributed by atoms with van der Waals surface area (Å²) in [6.45, 7) is 5.66. The summed E-state index contributed by atoms with van der Waals surface area (Å²) in [5.41, 5.74) is 7.00. The number of esters is 1. The minimum atomic E-state index is -0.198. The van der Waals surface area contributed by atoms with E-state index in [9.17, 15) is 9.59 Å². The van der Waals surface area contributed by atoms with Crippen LogP contribution in [0.15, 0.2) is 24.3 Å². The van der Waals surface area contributed by atoms with Crippen molar-refractivity contribution >= 4 is 17.4 Å². The molecule has 0 amide bonds. The van der Waals surface area contributed by atoms with Crippen molar-refractivity contribution in [3.8, 4) is 0 Å². The van der Waals surface area contributed by atoms with Gasteiger partial charge in [-0.25, -0.2) is 0 Å². The molecule has 23 heavy (non-hydrogen) atoms. The van der Waals surface area contributed by atoms with Gasteiger partial charge in [-0.1, -0.05) is 6.92 Å². The molecule has 0 bridgehead atoms. The van der Waals surface area contributed by atoms with Crippen molar-refractivity contribution in [1.29, 1.82) is 0 Å². The van der Waals surface area contributed by atoms with Crippen LogP contribution in [0.5, 0.6) is 0 Å². The Bertz CT molecular complexity index is 542. The molecular formula is C18H26N2O3. The van der Waals surface area contributed by atoms with E-state index >= 15 is 0 Å². The van der Waals surface area contributed by atoms with Crippen molar-refractivity contribution in [1.82, 2.24) is 4.90 Å². The zero-order valence-corrected chi connectivity index (χ0v) is 14.0. The first-order valence-corrected chi connectivity index (χ1v) is 8.37. The van der Waals surface area contributed by atoms with Gasteiger partial charge >= 0.3 is 5.97 Å². The summed E-state index contributed by atoms with van der Waals surface area (Å²) >= 11 is 0. The molecule has 0 aliphatic carbocycles. The number of ether oxygens (including phenoxy) is 1. The van der Waals surface area contributed by atoms with E-state index in [0.717, 1.165) is 25.8 Å². The molecule has 2 unspecified atom stereocenters. The lowest BCUT2D eigenvalue weighted by Gasteiger charge is -2.36. The number of anilines is 1. The number of piperidine rings is 1. The summed E-state index contributed by atoms with van der Waals surface area (Å²) in [7, 11) is 0. The number of Topliss-reactive ketones (excluding diaryl/α,β-unsaturated/α-hetero) is 1. The van der Waals surface area contributed by atoms with Gasteiger partial charge in [-0.3, -0.25) is 14.5 Å². The zero-order valence-electron chi connectivity index (χ0n) is 14.0. The van der Waals surface area contributed by atoms with Crippen molar-refractivity contribution in [3.05, 3.63) is 29.8 Å². The molecule has 0 saturated carbocycles. The molecule has 1 saturated heterocycles. The van der Waals surface area contributed by atoms with Gasteiger partial charge in [0.2, 0.25) is 0 Å². The second-order valence-corrected chi connectivity index (χ2v) is 6.00. The summed E-state index contributed by atoms with van der Waals surface area (Å²) in [4.78, 5) is 26.9. The number of hydrogen-bond acceptors (Lipinski definition) is 5. The number of ketones is 1. The quantitative estimate of drug-likeness (QED) is 0.496. The Balaban J connectivity index is 2.08. The smallest absolute Gasteiger partial charge is 0.310 e. The molecule has 126 valence electrons. The molecule has 2 rings (SSSR count). The summed E-state index contributed by atoms with van der Waals surface area (Å²) in [6.07, 6.45) is 2.47. The van der Waals surface area contributed by atoms with Crippen LogP contribution in [-0.4, -0.2) is 42.4 Å². The fourth-order valence-corrected chi connectivity index (χ4v) is 3.19. The van der Waals surface area contributed by atoms with Crippen molar-refractivity contribution in [3.63, 3.8) is 0 Å². The number of carbonyl (C=O) groups excluding carboxylic acids is 2. The van der Waals surface area contributed by atoms with E-state index in [0.29, 0.717) is 24.4 Å². The molecule has 5 nitrogen and oxygen atoms in total. The SMILES string of the molecule is CCOC(=O)C1CCCN(C(CC)C(=O)c2ccc(N)cc2)C1. The Morgan fingerprint density at radius 3 is 2.61 bits per heavy atom. The summed E-state index contributed by atoms with van der Waals surface area (Å²) in [5, 5.41) is 0. The van der Waals surface area contributed by atoms with Gasteiger partial charge in [0.05, 0.1) is 18.6 Å².